The van der Waals surface area contributed by atoms with E-state index >= 15 is 0 Å². The molecule has 0 saturated carbocycles. The Morgan fingerprint density at radius 1 is 1.50 bits per heavy atom. The molecule has 1 aliphatic heterocycles. The van der Waals surface area contributed by atoms with E-state index < -0.39 is 0 Å². The van der Waals surface area contributed by atoms with Crippen molar-refractivity contribution in [2.45, 2.75) is 32.4 Å². The molecule has 1 unspecified atom stereocenters. The molecule has 0 aromatic rings. The van der Waals surface area contributed by atoms with Crippen LogP contribution in [0.3, 0.4) is 0 Å². The van der Waals surface area contributed by atoms with Crippen LogP contribution in [0.15, 0.2) is 0 Å². The Morgan fingerprint density at radius 3 is 2.83 bits per heavy atom. The van der Waals surface area contributed by atoms with Gasteiger partial charge >= 0.3 is 0 Å². The average Bonchev–Trinajstić information content (AvgIpc) is 2.28. The van der Waals surface area contributed by atoms with E-state index in [0.717, 1.165) is 26.1 Å². The molecule has 3 heteroatoms. The Balaban J connectivity index is 2.34. The van der Waals surface area contributed by atoms with Crippen LogP contribution in [0.1, 0.15) is 20.3 Å². The molecule has 0 aliphatic carbocycles. The molecule has 1 rings (SSSR count). The molecular weight excluding hydrogens is 152 g/mol. The fourth-order valence-electron chi connectivity index (χ4n) is 1.54. The first-order valence-corrected chi connectivity index (χ1v) is 4.79. The summed E-state index contributed by atoms with van der Waals surface area (Å²) >= 11 is 0. The lowest BCUT2D eigenvalue weighted by molar-refractivity contribution is 0.0670. The summed E-state index contributed by atoms with van der Waals surface area (Å²) in [6.07, 6.45) is 1.36. The van der Waals surface area contributed by atoms with Crippen molar-refractivity contribution < 1.29 is 4.74 Å². The molecule has 0 bridgehead atoms. The highest BCUT2D eigenvalue weighted by atomic mass is 16.5. The third-order valence-electron chi connectivity index (χ3n) is 2.46. The quantitative estimate of drug-likeness (QED) is 0.657. The van der Waals surface area contributed by atoms with Crippen molar-refractivity contribution in [2.75, 3.05) is 26.2 Å². The van der Waals surface area contributed by atoms with Crippen molar-refractivity contribution in [1.29, 1.82) is 0 Å². The van der Waals surface area contributed by atoms with Crippen molar-refractivity contribution >= 4 is 0 Å². The topological polar surface area (TPSA) is 38.5 Å². The van der Waals surface area contributed by atoms with Crippen molar-refractivity contribution in [3.05, 3.63) is 0 Å². The minimum Gasteiger partial charge on any atom is -0.376 e. The summed E-state index contributed by atoms with van der Waals surface area (Å²) in [6.45, 7) is 8.12. The Morgan fingerprint density at radius 2 is 2.25 bits per heavy atom. The second-order valence-electron chi connectivity index (χ2n) is 3.65. The highest BCUT2D eigenvalue weighted by Gasteiger charge is 2.17. The summed E-state index contributed by atoms with van der Waals surface area (Å²) in [5.41, 5.74) is 5.55. The Labute approximate surface area is 74.9 Å². The molecule has 12 heavy (non-hydrogen) atoms. The van der Waals surface area contributed by atoms with Gasteiger partial charge in [0.05, 0.1) is 12.7 Å². The Kier molecular flexibility index (Phi) is 3.98. The average molecular weight is 172 g/mol. The van der Waals surface area contributed by atoms with Gasteiger partial charge in [-0.05, 0) is 20.3 Å². The molecular formula is C9H20N2O. The maximum atomic E-state index is 5.57. The van der Waals surface area contributed by atoms with Gasteiger partial charge < -0.3 is 10.5 Å². The van der Waals surface area contributed by atoms with Gasteiger partial charge in [-0.1, -0.05) is 0 Å². The molecule has 0 spiro atoms. The van der Waals surface area contributed by atoms with Gasteiger partial charge in [-0.3, -0.25) is 4.90 Å². The molecule has 2 N–H and O–H groups in total. The highest BCUT2D eigenvalue weighted by molar-refractivity contribution is 4.70. The van der Waals surface area contributed by atoms with E-state index in [1.807, 2.05) is 0 Å². The number of rotatable bonds is 2. The normalized spacial score (nSPS) is 27.5. The van der Waals surface area contributed by atoms with E-state index in [4.69, 9.17) is 10.5 Å². The predicted molar refractivity (Wildman–Crippen MR) is 50.1 cm³/mol. The molecule has 1 saturated heterocycles. The fraction of sp³-hybridized carbons (Fsp3) is 1.00. The number of ether oxygens (including phenoxy) is 1. The molecule has 1 heterocycles. The molecule has 0 radical (unpaired) electrons. The zero-order valence-electron chi connectivity index (χ0n) is 8.12. The van der Waals surface area contributed by atoms with Gasteiger partial charge in [-0.15, -0.1) is 0 Å². The summed E-state index contributed by atoms with van der Waals surface area (Å²) in [6, 6.07) is 0.630. The molecule has 0 aromatic heterocycles. The predicted octanol–water partition coefficient (Wildman–Crippen LogP) is 0.444. The number of nitrogens with zero attached hydrogens (tertiary/aromatic N) is 1. The highest BCUT2D eigenvalue weighted by Crippen LogP contribution is 2.08. The van der Waals surface area contributed by atoms with Crippen LogP contribution in [0.25, 0.3) is 0 Å². The van der Waals surface area contributed by atoms with Crippen LogP contribution in [0, 0.1) is 0 Å². The van der Waals surface area contributed by atoms with Gasteiger partial charge in [0.1, 0.15) is 0 Å². The minimum absolute atomic E-state index is 0.286. The number of nitrogens with two attached hydrogens (primary N) is 1. The molecule has 0 aromatic carbocycles. The van der Waals surface area contributed by atoms with E-state index in [0.29, 0.717) is 12.6 Å². The van der Waals surface area contributed by atoms with Gasteiger partial charge in [0.25, 0.3) is 0 Å². The van der Waals surface area contributed by atoms with E-state index in [2.05, 4.69) is 18.7 Å². The lowest BCUT2D eigenvalue weighted by Gasteiger charge is -2.23. The van der Waals surface area contributed by atoms with Gasteiger partial charge in [-0.2, -0.15) is 0 Å². The first-order valence-electron chi connectivity index (χ1n) is 4.79. The largest absolute Gasteiger partial charge is 0.376 e. The molecule has 72 valence electrons. The number of hydrogen-bond donors (Lipinski definition) is 1. The van der Waals surface area contributed by atoms with Crippen LogP contribution in [-0.2, 0) is 4.74 Å². The van der Waals surface area contributed by atoms with Gasteiger partial charge in [0.2, 0.25) is 0 Å². The van der Waals surface area contributed by atoms with Crippen LogP contribution in [0.2, 0.25) is 0 Å². The molecule has 0 amide bonds. The maximum Gasteiger partial charge on any atom is 0.0710 e. The zero-order chi connectivity index (χ0) is 8.97. The van der Waals surface area contributed by atoms with E-state index in [1.165, 1.54) is 0 Å². The van der Waals surface area contributed by atoms with Crippen molar-refractivity contribution in [2.24, 2.45) is 5.73 Å². The lowest BCUT2D eigenvalue weighted by atomic mass is 10.2. The second kappa shape index (κ2) is 4.80. The summed E-state index contributed by atoms with van der Waals surface area (Å²) < 4.78 is 5.57. The van der Waals surface area contributed by atoms with Crippen LogP contribution < -0.4 is 5.73 Å². The summed E-state index contributed by atoms with van der Waals surface area (Å²) in [5.74, 6) is 0. The maximum absolute atomic E-state index is 5.57. The minimum atomic E-state index is 0.286. The van der Waals surface area contributed by atoms with Crippen molar-refractivity contribution in [3.63, 3.8) is 0 Å². The standard InChI is InChI=1S/C9H20N2O/c1-8(2)11-4-3-9(7-10)12-6-5-11/h8-9H,3-7,10H2,1-2H3. The van der Waals surface area contributed by atoms with E-state index in [-0.39, 0.29) is 6.10 Å². The first-order chi connectivity index (χ1) is 5.74. The molecule has 1 atom stereocenters. The summed E-state index contributed by atoms with van der Waals surface area (Å²) in [5, 5.41) is 0. The third-order valence-corrected chi connectivity index (χ3v) is 2.46. The fourth-order valence-corrected chi connectivity index (χ4v) is 1.54. The van der Waals surface area contributed by atoms with Crippen LogP contribution in [0.4, 0.5) is 0 Å². The molecule has 1 fully saturated rings. The van der Waals surface area contributed by atoms with Gasteiger partial charge in [-0.25, -0.2) is 0 Å². The molecule has 1 aliphatic rings. The monoisotopic (exact) mass is 172 g/mol. The Hall–Kier alpha value is -0.120. The number of hydrogen-bond acceptors (Lipinski definition) is 3. The van der Waals surface area contributed by atoms with Crippen LogP contribution in [0.5, 0.6) is 0 Å². The smallest absolute Gasteiger partial charge is 0.0710 e. The third kappa shape index (κ3) is 2.73. The van der Waals surface area contributed by atoms with Crippen molar-refractivity contribution in [1.82, 2.24) is 4.90 Å². The van der Waals surface area contributed by atoms with Crippen LogP contribution in [-0.4, -0.2) is 43.3 Å². The van der Waals surface area contributed by atoms with E-state index in [9.17, 15) is 0 Å². The summed E-state index contributed by atoms with van der Waals surface area (Å²) in [4.78, 5) is 2.44. The summed E-state index contributed by atoms with van der Waals surface area (Å²) in [7, 11) is 0. The second-order valence-corrected chi connectivity index (χ2v) is 3.65. The van der Waals surface area contributed by atoms with Gasteiger partial charge in [0, 0.05) is 25.7 Å². The van der Waals surface area contributed by atoms with E-state index in [1.54, 1.807) is 0 Å². The van der Waals surface area contributed by atoms with Crippen molar-refractivity contribution in [3.8, 4) is 0 Å². The SMILES string of the molecule is CC(C)N1CCOC(CN)CC1. The molecule has 3 nitrogen and oxygen atoms in total. The van der Waals surface area contributed by atoms with Crippen LogP contribution >= 0.6 is 0 Å². The first kappa shape index (κ1) is 9.96. The zero-order valence-corrected chi connectivity index (χ0v) is 8.12. The van der Waals surface area contributed by atoms with Gasteiger partial charge in [0.15, 0.2) is 0 Å². The lowest BCUT2D eigenvalue weighted by Crippen LogP contribution is -2.33. The Bertz CT molecular complexity index is 128.